The zero-order valence-corrected chi connectivity index (χ0v) is 11.3. The summed E-state index contributed by atoms with van der Waals surface area (Å²) in [5.41, 5.74) is 1.12. The molecular weight excluding hydrogens is 252 g/mol. The first kappa shape index (κ1) is 14.9. The van der Waals surface area contributed by atoms with Crippen molar-refractivity contribution in [2.75, 3.05) is 12.3 Å². The number of sulfonamides is 1. The summed E-state index contributed by atoms with van der Waals surface area (Å²) in [5.74, 6) is 0.263. The molecule has 0 amide bonds. The Labute approximate surface area is 108 Å². The maximum atomic E-state index is 10.7. The molecule has 0 spiro atoms. The highest BCUT2D eigenvalue weighted by Crippen LogP contribution is 2.11. The number of hydrogen-bond donors (Lipinski definition) is 3. The number of rotatable bonds is 7. The Kier molecular flexibility index (Phi) is 5.58. The topological polar surface area (TPSA) is 92.4 Å². The van der Waals surface area contributed by atoms with E-state index >= 15 is 0 Å². The number of phenolic OH excluding ortho intramolecular Hbond substituents is 1. The molecule has 0 heterocycles. The van der Waals surface area contributed by atoms with Gasteiger partial charge in [-0.15, -0.1) is 0 Å². The van der Waals surface area contributed by atoms with E-state index in [1.165, 1.54) is 0 Å². The van der Waals surface area contributed by atoms with Gasteiger partial charge in [0, 0.05) is 6.04 Å². The van der Waals surface area contributed by atoms with Gasteiger partial charge in [0.15, 0.2) is 0 Å². The second-order valence-corrected chi connectivity index (χ2v) is 6.18. The van der Waals surface area contributed by atoms with Crippen molar-refractivity contribution >= 4 is 10.0 Å². The highest BCUT2D eigenvalue weighted by molar-refractivity contribution is 7.89. The van der Waals surface area contributed by atoms with Crippen LogP contribution in [0.3, 0.4) is 0 Å². The molecule has 1 atom stereocenters. The summed E-state index contributed by atoms with van der Waals surface area (Å²) in [7, 11) is -3.35. The van der Waals surface area contributed by atoms with Crippen LogP contribution in [0.15, 0.2) is 24.3 Å². The Balaban J connectivity index is 2.25. The number of aromatic hydroxyl groups is 1. The fourth-order valence-electron chi connectivity index (χ4n) is 1.68. The van der Waals surface area contributed by atoms with E-state index in [0.29, 0.717) is 13.0 Å². The van der Waals surface area contributed by atoms with Gasteiger partial charge in [0.25, 0.3) is 0 Å². The van der Waals surface area contributed by atoms with E-state index in [1.807, 2.05) is 19.1 Å². The van der Waals surface area contributed by atoms with E-state index in [2.05, 4.69) is 5.32 Å². The first-order valence-electron chi connectivity index (χ1n) is 5.88. The molecule has 0 bridgehead atoms. The van der Waals surface area contributed by atoms with Crippen LogP contribution in [0.25, 0.3) is 0 Å². The second kappa shape index (κ2) is 6.72. The highest BCUT2D eigenvalue weighted by Gasteiger charge is 2.05. The zero-order chi connectivity index (χ0) is 13.6. The predicted octanol–water partition coefficient (Wildman–Crippen LogP) is 0.591. The van der Waals surface area contributed by atoms with Crippen LogP contribution in [0, 0.1) is 0 Å². The maximum absolute atomic E-state index is 10.7. The molecule has 0 radical (unpaired) electrons. The van der Waals surface area contributed by atoms with Crippen molar-refractivity contribution in [3.8, 4) is 5.75 Å². The molecule has 0 saturated carbocycles. The Morgan fingerprint density at radius 3 is 2.50 bits per heavy atom. The lowest BCUT2D eigenvalue weighted by molar-refractivity contribution is 0.474. The van der Waals surface area contributed by atoms with Crippen LogP contribution in [-0.4, -0.2) is 31.9 Å². The quantitative estimate of drug-likeness (QED) is 0.633. The minimum Gasteiger partial charge on any atom is -0.508 e. The summed E-state index contributed by atoms with van der Waals surface area (Å²) in [6.45, 7) is 2.65. The van der Waals surface area contributed by atoms with Crippen LogP contribution in [-0.2, 0) is 16.4 Å². The summed E-state index contributed by atoms with van der Waals surface area (Å²) in [6.07, 6.45) is 1.34. The third-order valence-electron chi connectivity index (χ3n) is 2.58. The van der Waals surface area contributed by atoms with E-state index in [-0.39, 0.29) is 17.5 Å². The maximum Gasteiger partial charge on any atom is 0.209 e. The SMILES string of the molecule is CC(Cc1ccc(O)cc1)NCCCS(N)(=O)=O. The molecule has 0 saturated heterocycles. The molecule has 102 valence electrons. The molecule has 1 rings (SSSR count). The van der Waals surface area contributed by atoms with E-state index in [0.717, 1.165) is 12.0 Å². The van der Waals surface area contributed by atoms with Gasteiger partial charge in [-0.25, -0.2) is 13.6 Å². The normalized spacial score (nSPS) is 13.4. The van der Waals surface area contributed by atoms with Gasteiger partial charge in [-0.05, 0) is 44.0 Å². The average molecular weight is 272 g/mol. The van der Waals surface area contributed by atoms with Gasteiger partial charge in [-0.2, -0.15) is 0 Å². The summed E-state index contributed by atoms with van der Waals surface area (Å²) in [6, 6.07) is 7.30. The van der Waals surface area contributed by atoms with Gasteiger partial charge in [0.1, 0.15) is 5.75 Å². The lowest BCUT2D eigenvalue weighted by atomic mass is 10.1. The molecule has 5 nitrogen and oxygen atoms in total. The van der Waals surface area contributed by atoms with E-state index in [9.17, 15) is 8.42 Å². The van der Waals surface area contributed by atoms with Crippen molar-refractivity contribution in [1.82, 2.24) is 5.32 Å². The Morgan fingerprint density at radius 1 is 1.33 bits per heavy atom. The van der Waals surface area contributed by atoms with Gasteiger partial charge >= 0.3 is 0 Å². The molecule has 1 aromatic rings. The molecule has 0 aliphatic heterocycles. The lowest BCUT2D eigenvalue weighted by Gasteiger charge is -2.13. The Bertz CT molecular complexity index is 457. The van der Waals surface area contributed by atoms with Gasteiger partial charge in [-0.3, -0.25) is 0 Å². The van der Waals surface area contributed by atoms with E-state index < -0.39 is 10.0 Å². The summed E-state index contributed by atoms with van der Waals surface area (Å²) in [4.78, 5) is 0. The number of phenols is 1. The number of benzene rings is 1. The molecule has 1 unspecified atom stereocenters. The van der Waals surface area contributed by atoms with Gasteiger partial charge < -0.3 is 10.4 Å². The summed E-state index contributed by atoms with van der Waals surface area (Å²) in [5, 5.41) is 17.3. The van der Waals surface area contributed by atoms with Gasteiger partial charge in [0.05, 0.1) is 5.75 Å². The standard InChI is InChI=1S/C12H20N2O3S/c1-10(14-7-2-8-18(13,16)17)9-11-3-5-12(15)6-4-11/h3-6,10,14-15H,2,7-9H2,1H3,(H2,13,16,17). The Hall–Kier alpha value is -1.11. The number of nitrogens with one attached hydrogen (secondary N) is 1. The highest BCUT2D eigenvalue weighted by atomic mass is 32.2. The molecule has 1 aromatic carbocycles. The smallest absolute Gasteiger partial charge is 0.209 e. The molecule has 0 fully saturated rings. The third kappa shape index (κ3) is 6.58. The van der Waals surface area contributed by atoms with Gasteiger partial charge in [0.2, 0.25) is 10.0 Å². The monoisotopic (exact) mass is 272 g/mol. The summed E-state index contributed by atoms with van der Waals surface area (Å²) < 4.78 is 21.5. The van der Waals surface area contributed by atoms with Crippen LogP contribution in [0.4, 0.5) is 0 Å². The molecule has 0 aliphatic rings. The fourth-order valence-corrected chi connectivity index (χ4v) is 2.23. The van der Waals surface area contributed by atoms with Crippen LogP contribution < -0.4 is 10.5 Å². The van der Waals surface area contributed by atoms with Crippen molar-refractivity contribution in [2.24, 2.45) is 5.14 Å². The number of nitrogens with two attached hydrogens (primary N) is 1. The minimum absolute atomic E-state index is 0.00588. The average Bonchev–Trinajstić information content (AvgIpc) is 2.26. The van der Waals surface area contributed by atoms with Crippen molar-refractivity contribution in [1.29, 1.82) is 0 Å². The molecule has 4 N–H and O–H groups in total. The first-order valence-corrected chi connectivity index (χ1v) is 7.60. The van der Waals surface area contributed by atoms with Crippen LogP contribution >= 0.6 is 0 Å². The van der Waals surface area contributed by atoms with Crippen molar-refractivity contribution < 1.29 is 13.5 Å². The van der Waals surface area contributed by atoms with Gasteiger partial charge in [-0.1, -0.05) is 12.1 Å². The molecule has 0 aromatic heterocycles. The van der Waals surface area contributed by atoms with Crippen molar-refractivity contribution in [3.05, 3.63) is 29.8 Å². The summed E-state index contributed by atoms with van der Waals surface area (Å²) >= 11 is 0. The van der Waals surface area contributed by atoms with Crippen molar-refractivity contribution in [3.63, 3.8) is 0 Å². The molecule has 0 aliphatic carbocycles. The Morgan fingerprint density at radius 2 is 1.94 bits per heavy atom. The van der Waals surface area contributed by atoms with Crippen LogP contribution in [0.5, 0.6) is 5.75 Å². The van der Waals surface area contributed by atoms with Crippen LogP contribution in [0.2, 0.25) is 0 Å². The minimum atomic E-state index is -3.35. The third-order valence-corrected chi connectivity index (χ3v) is 3.43. The number of primary sulfonamides is 1. The fraction of sp³-hybridized carbons (Fsp3) is 0.500. The zero-order valence-electron chi connectivity index (χ0n) is 10.5. The molecule has 18 heavy (non-hydrogen) atoms. The number of hydrogen-bond acceptors (Lipinski definition) is 4. The van der Waals surface area contributed by atoms with E-state index in [4.69, 9.17) is 10.2 Å². The molecular formula is C12H20N2O3S. The van der Waals surface area contributed by atoms with Crippen LogP contribution in [0.1, 0.15) is 18.9 Å². The first-order chi connectivity index (χ1) is 8.37. The van der Waals surface area contributed by atoms with Crippen molar-refractivity contribution in [2.45, 2.75) is 25.8 Å². The largest absolute Gasteiger partial charge is 0.508 e. The second-order valence-electron chi connectivity index (χ2n) is 4.45. The lowest BCUT2D eigenvalue weighted by Crippen LogP contribution is -2.30. The molecule has 6 heteroatoms. The predicted molar refractivity (Wildman–Crippen MR) is 71.9 cm³/mol. The van der Waals surface area contributed by atoms with E-state index in [1.54, 1.807) is 12.1 Å².